The minimum absolute atomic E-state index is 0.179. The number of ether oxygens (including phenoxy) is 2. The largest absolute Gasteiger partial charge is 0.497 e. The monoisotopic (exact) mass is 315 g/mol. The first kappa shape index (κ1) is 15.9. The van der Waals surface area contributed by atoms with E-state index in [-0.39, 0.29) is 5.92 Å². The van der Waals surface area contributed by atoms with Crippen LogP contribution in [0.2, 0.25) is 0 Å². The molecule has 1 aliphatic heterocycles. The van der Waals surface area contributed by atoms with Gasteiger partial charge in [0.1, 0.15) is 11.5 Å². The Morgan fingerprint density at radius 2 is 1.83 bits per heavy atom. The second kappa shape index (κ2) is 7.07. The first-order valence-corrected chi connectivity index (χ1v) is 8.38. The summed E-state index contributed by atoms with van der Waals surface area (Å²) in [6.45, 7) is 1.65. The zero-order valence-electron chi connectivity index (χ0n) is 14.0. The molecule has 0 bridgehead atoms. The van der Waals surface area contributed by atoms with Crippen LogP contribution >= 0.6 is 0 Å². The fourth-order valence-electron chi connectivity index (χ4n) is 3.57. The smallest absolute Gasteiger partial charge is 0.226 e. The molecule has 0 spiro atoms. The molecular formula is C19H25NO3. The van der Waals surface area contributed by atoms with Crippen LogP contribution in [-0.4, -0.2) is 38.1 Å². The Hall–Kier alpha value is -1.97. The van der Waals surface area contributed by atoms with Crippen molar-refractivity contribution in [2.75, 3.05) is 27.3 Å². The Balaban J connectivity index is 1.69. The normalized spacial score (nSPS) is 23.8. The molecule has 1 heterocycles. The highest BCUT2D eigenvalue weighted by Crippen LogP contribution is 2.34. The van der Waals surface area contributed by atoms with Crippen molar-refractivity contribution in [3.63, 3.8) is 0 Å². The van der Waals surface area contributed by atoms with Crippen LogP contribution in [0.25, 0.3) is 0 Å². The van der Waals surface area contributed by atoms with Crippen LogP contribution in [-0.2, 0) is 4.79 Å². The maximum Gasteiger partial charge on any atom is 0.226 e. The molecule has 1 aliphatic carbocycles. The molecule has 0 aromatic heterocycles. The molecule has 0 N–H and O–H groups in total. The Kier molecular flexibility index (Phi) is 4.89. The summed E-state index contributed by atoms with van der Waals surface area (Å²) in [5, 5.41) is 0. The summed E-state index contributed by atoms with van der Waals surface area (Å²) < 4.78 is 10.7. The maximum absolute atomic E-state index is 12.7. The lowest BCUT2D eigenvalue weighted by molar-refractivity contribution is -0.134. The summed E-state index contributed by atoms with van der Waals surface area (Å²) in [4.78, 5) is 14.7. The minimum Gasteiger partial charge on any atom is -0.497 e. The molecule has 0 saturated carbocycles. The van der Waals surface area contributed by atoms with Crippen LogP contribution in [0.1, 0.15) is 37.2 Å². The Labute approximate surface area is 138 Å². The van der Waals surface area contributed by atoms with E-state index >= 15 is 0 Å². The quantitative estimate of drug-likeness (QED) is 0.800. The molecule has 1 fully saturated rings. The summed E-state index contributed by atoms with van der Waals surface area (Å²) in [5.74, 6) is 2.48. The van der Waals surface area contributed by atoms with Crippen molar-refractivity contribution in [1.82, 2.24) is 4.90 Å². The second-order valence-corrected chi connectivity index (χ2v) is 6.40. The number of carbonyl (C=O) groups is 1. The van der Waals surface area contributed by atoms with Gasteiger partial charge in [-0.3, -0.25) is 4.79 Å². The predicted octanol–water partition coefficient (Wildman–Crippen LogP) is 3.38. The van der Waals surface area contributed by atoms with E-state index in [1.54, 1.807) is 14.2 Å². The molecule has 3 rings (SSSR count). The number of nitrogens with zero attached hydrogens (tertiary/aromatic N) is 1. The average Bonchev–Trinajstić information content (AvgIpc) is 3.11. The molecule has 2 atom stereocenters. The van der Waals surface area contributed by atoms with Crippen LogP contribution < -0.4 is 9.47 Å². The lowest BCUT2D eigenvalue weighted by Crippen LogP contribution is -2.34. The molecule has 0 radical (unpaired) electrons. The number of methoxy groups -OCH3 is 2. The number of carbonyl (C=O) groups excluding carboxylic acids is 1. The number of hydrogen-bond acceptors (Lipinski definition) is 3. The third-order valence-electron chi connectivity index (χ3n) is 4.96. The first-order valence-electron chi connectivity index (χ1n) is 8.38. The highest BCUT2D eigenvalue weighted by atomic mass is 16.5. The van der Waals surface area contributed by atoms with Gasteiger partial charge in [-0.25, -0.2) is 0 Å². The highest BCUT2D eigenvalue weighted by Gasteiger charge is 2.31. The van der Waals surface area contributed by atoms with Gasteiger partial charge in [-0.1, -0.05) is 12.2 Å². The van der Waals surface area contributed by atoms with Gasteiger partial charge in [0.15, 0.2) is 0 Å². The van der Waals surface area contributed by atoms with Gasteiger partial charge in [0.2, 0.25) is 5.91 Å². The fraction of sp³-hybridized carbons (Fsp3) is 0.526. The topological polar surface area (TPSA) is 38.8 Å². The van der Waals surface area contributed by atoms with Crippen LogP contribution in [0.4, 0.5) is 0 Å². The molecule has 0 unspecified atom stereocenters. The SMILES string of the molecule is COc1cc(OC)cc([C@H]2CCN(C(=O)[C@@H]3CC=CCC3)C2)c1. The van der Waals surface area contributed by atoms with Gasteiger partial charge in [0.25, 0.3) is 0 Å². The lowest BCUT2D eigenvalue weighted by atomic mass is 9.93. The summed E-state index contributed by atoms with van der Waals surface area (Å²) in [7, 11) is 3.33. The van der Waals surface area contributed by atoms with Crippen molar-refractivity contribution in [2.24, 2.45) is 5.92 Å². The van der Waals surface area contributed by atoms with Gasteiger partial charge in [-0.05, 0) is 43.4 Å². The Morgan fingerprint density at radius 1 is 1.09 bits per heavy atom. The van der Waals surface area contributed by atoms with E-state index in [1.165, 1.54) is 5.56 Å². The zero-order valence-corrected chi connectivity index (χ0v) is 14.0. The van der Waals surface area contributed by atoms with Gasteiger partial charge in [0, 0.05) is 31.0 Å². The van der Waals surface area contributed by atoms with Crippen molar-refractivity contribution in [2.45, 2.75) is 31.6 Å². The molecule has 4 heteroatoms. The van der Waals surface area contributed by atoms with E-state index in [1.807, 2.05) is 11.0 Å². The van der Waals surface area contributed by atoms with E-state index in [0.29, 0.717) is 11.8 Å². The van der Waals surface area contributed by atoms with Crippen LogP contribution in [0.3, 0.4) is 0 Å². The van der Waals surface area contributed by atoms with Gasteiger partial charge >= 0.3 is 0 Å². The number of allylic oxidation sites excluding steroid dienone is 2. The number of rotatable bonds is 4. The van der Waals surface area contributed by atoms with E-state index < -0.39 is 0 Å². The lowest BCUT2D eigenvalue weighted by Gasteiger charge is -2.24. The van der Waals surface area contributed by atoms with Gasteiger partial charge < -0.3 is 14.4 Å². The molecule has 124 valence electrons. The molecular weight excluding hydrogens is 290 g/mol. The predicted molar refractivity (Wildman–Crippen MR) is 90.0 cm³/mol. The first-order chi connectivity index (χ1) is 11.2. The summed E-state index contributed by atoms with van der Waals surface area (Å²) in [6, 6.07) is 6.00. The van der Waals surface area contributed by atoms with Crippen molar-refractivity contribution < 1.29 is 14.3 Å². The van der Waals surface area contributed by atoms with Crippen molar-refractivity contribution in [3.8, 4) is 11.5 Å². The molecule has 1 aromatic rings. The van der Waals surface area contributed by atoms with E-state index in [2.05, 4.69) is 24.3 Å². The Morgan fingerprint density at radius 3 is 2.43 bits per heavy atom. The second-order valence-electron chi connectivity index (χ2n) is 6.40. The molecule has 2 aliphatic rings. The Bertz CT molecular complexity index is 574. The average molecular weight is 315 g/mol. The van der Waals surface area contributed by atoms with Gasteiger partial charge in [-0.15, -0.1) is 0 Å². The molecule has 4 nitrogen and oxygen atoms in total. The highest BCUT2D eigenvalue weighted by molar-refractivity contribution is 5.79. The third kappa shape index (κ3) is 3.52. The number of likely N-dealkylation sites (tertiary alicyclic amines) is 1. The van der Waals surface area contributed by atoms with E-state index in [9.17, 15) is 4.79 Å². The number of hydrogen-bond donors (Lipinski definition) is 0. The third-order valence-corrected chi connectivity index (χ3v) is 4.96. The maximum atomic E-state index is 12.7. The fourth-order valence-corrected chi connectivity index (χ4v) is 3.57. The summed E-state index contributed by atoms with van der Waals surface area (Å²) in [5.41, 5.74) is 1.19. The molecule has 1 saturated heterocycles. The van der Waals surface area contributed by atoms with Crippen LogP contribution in [0.5, 0.6) is 11.5 Å². The van der Waals surface area contributed by atoms with Gasteiger partial charge in [0.05, 0.1) is 14.2 Å². The van der Waals surface area contributed by atoms with Crippen molar-refractivity contribution in [3.05, 3.63) is 35.9 Å². The zero-order chi connectivity index (χ0) is 16.2. The summed E-state index contributed by atoms with van der Waals surface area (Å²) in [6.07, 6.45) is 8.24. The van der Waals surface area contributed by atoms with Crippen molar-refractivity contribution >= 4 is 5.91 Å². The molecule has 1 amide bonds. The van der Waals surface area contributed by atoms with Crippen LogP contribution in [0, 0.1) is 5.92 Å². The van der Waals surface area contributed by atoms with Crippen LogP contribution in [0.15, 0.2) is 30.4 Å². The molecule has 23 heavy (non-hydrogen) atoms. The summed E-state index contributed by atoms with van der Waals surface area (Å²) >= 11 is 0. The number of benzene rings is 1. The van der Waals surface area contributed by atoms with Crippen molar-refractivity contribution in [1.29, 1.82) is 0 Å². The number of amides is 1. The minimum atomic E-state index is 0.179. The van der Waals surface area contributed by atoms with Gasteiger partial charge in [-0.2, -0.15) is 0 Å². The van der Waals surface area contributed by atoms with E-state index in [0.717, 1.165) is 50.3 Å². The molecule has 1 aromatic carbocycles. The standard InChI is InChI=1S/C19H25NO3/c1-22-17-10-16(11-18(12-17)23-2)15-8-9-20(13-15)19(21)14-6-4-3-5-7-14/h3-4,10-12,14-15H,5-9,13H2,1-2H3/t14-,15+/m1/s1. The van der Waals surface area contributed by atoms with E-state index in [4.69, 9.17) is 9.47 Å².